The second kappa shape index (κ2) is 4.18. The normalized spacial score (nSPS) is 10.0. The number of hydrogen-bond acceptors (Lipinski definition) is 1. The highest BCUT2D eigenvalue weighted by molar-refractivity contribution is 6.31. The average molecular weight is 238 g/mol. The molecule has 70 valence electrons. The molecule has 1 heterocycles. The second-order valence-corrected chi connectivity index (χ2v) is 3.18. The molecule has 0 fully saturated rings. The molecule has 2 rings (SSSR count). The van der Waals surface area contributed by atoms with Crippen molar-refractivity contribution in [2.75, 3.05) is 0 Å². The highest BCUT2D eigenvalue weighted by Gasteiger charge is 2.00. The number of imidazole rings is 1. The summed E-state index contributed by atoms with van der Waals surface area (Å²) in [6.45, 7) is 0. The Kier molecular flexibility index (Phi) is 3.42. The number of nitrogens with one attached hydrogen (secondary N) is 1. The molecular weight excluding hydrogens is 230 g/mol. The summed E-state index contributed by atoms with van der Waals surface area (Å²) in [5.41, 5.74) is 1.83. The van der Waals surface area contributed by atoms with Crippen LogP contribution in [0.1, 0.15) is 5.82 Å². The molecule has 0 unspecified atom stereocenters. The number of rotatable bonds is 1. The molecule has 0 radical (unpaired) electrons. The predicted molar refractivity (Wildman–Crippen MR) is 57.9 cm³/mol. The lowest BCUT2D eigenvalue weighted by Crippen LogP contribution is -1.76. The van der Waals surface area contributed by atoms with E-state index in [4.69, 9.17) is 23.2 Å². The van der Waals surface area contributed by atoms with Crippen molar-refractivity contribution in [2.45, 2.75) is 5.88 Å². The number of halogens is 3. The molecular formula is C8H7Cl3N2. The van der Waals surface area contributed by atoms with Crippen LogP contribution in [0.15, 0.2) is 18.2 Å². The molecule has 0 bridgehead atoms. The average Bonchev–Trinajstić information content (AvgIpc) is 2.46. The fraction of sp³-hybridized carbons (Fsp3) is 0.125. The highest BCUT2D eigenvalue weighted by atomic mass is 35.5. The molecule has 2 nitrogen and oxygen atoms in total. The molecule has 0 saturated heterocycles. The van der Waals surface area contributed by atoms with Gasteiger partial charge in [-0.25, -0.2) is 4.98 Å². The third kappa shape index (κ3) is 2.08. The number of benzene rings is 1. The quantitative estimate of drug-likeness (QED) is 0.757. The fourth-order valence-corrected chi connectivity index (χ4v) is 1.40. The zero-order valence-corrected chi connectivity index (χ0v) is 8.88. The van der Waals surface area contributed by atoms with Gasteiger partial charge in [-0.2, -0.15) is 0 Å². The Morgan fingerprint density at radius 2 is 2.15 bits per heavy atom. The molecule has 0 atom stereocenters. The predicted octanol–water partition coefficient (Wildman–Crippen LogP) is 3.38. The molecule has 0 saturated carbocycles. The van der Waals surface area contributed by atoms with E-state index in [2.05, 4.69) is 9.97 Å². The molecule has 1 N–H and O–H groups in total. The maximum Gasteiger partial charge on any atom is 0.122 e. The SMILES string of the molecule is Cl.ClCc1nc2ccc(Cl)cc2[nH]1. The smallest absolute Gasteiger partial charge is 0.122 e. The van der Waals surface area contributed by atoms with E-state index in [0.29, 0.717) is 10.9 Å². The highest BCUT2D eigenvalue weighted by Crippen LogP contribution is 2.17. The summed E-state index contributed by atoms with van der Waals surface area (Å²) in [4.78, 5) is 7.28. The second-order valence-electron chi connectivity index (χ2n) is 2.48. The Morgan fingerprint density at radius 3 is 2.85 bits per heavy atom. The number of H-pyrrole nitrogens is 1. The lowest BCUT2D eigenvalue weighted by molar-refractivity contribution is 1.13. The van der Waals surface area contributed by atoms with Crippen LogP contribution in [0.5, 0.6) is 0 Å². The van der Waals surface area contributed by atoms with E-state index < -0.39 is 0 Å². The van der Waals surface area contributed by atoms with Crippen LogP contribution in [0.4, 0.5) is 0 Å². The largest absolute Gasteiger partial charge is 0.341 e. The monoisotopic (exact) mass is 236 g/mol. The van der Waals surface area contributed by atoms with Crippen molar-refractivity contribution in [3.8, 4) is 0 Å². The molecule has 0 spiro atoms. The molecule has 0 aliphatic heterocycles. The minimum Gasteiger partial charge on any atom is -0.341 e. The molecule has 0 aliphatic carbocycles. The van der Waals surface area contributed by atoms with Gasteiger partial charge in [0.05, 0.1) is 16.9 Å². The first-order chi connectivity index (χ1) is 5.79. The molecule has 1 aromatic heterocycles. The summed E-state index contributed by atoms with van der Waals surface area (Å²) in [5.74, 6) is 1.17. The van der Waals surface area contributed by atoms with Crippen LogP contribution in [0.2, 0.25) is 5.02 Å². The van der Waals surface area contributed by atoms with Crippen molar-refractivity contribution >= 4 is 46.6 Å². The zero-order chi connectivity index (χ0) is 8.55. The topological polar surface area (TPSA) is 28.7 Å². The van der Waals surface area contributed by atoms with Crippen molar-refractivity contribution in [2.24, 2.45) is 0 Å². The van der Waals surface area contributed by atoms with Crippen LogP contribution in [0.3, 0.4) is 0 Å². The van der Waals surface area contributed by atoms with Gasteiger partial charge in [0, 0.05) is 5.02 Å². The number of aromatic amines is 1. The van der Waals surface area contributed by atoms with E-state index in [-0.39, 0.29) is 12.4 Å². The molecule has 1 aromatic carbocycles. The van der Waals surface area contributed by atoms with Gasteiger partial charge in [0.25, 0.3) is 0 Å². The Balaban J connectivity index is 0.000000845. The third-order valence-corrected chi connectivity index (χ3v) is 2.11. The van der Waals surface area contributed by atoms with Crippen LogP contribution in [0.25, 0.3) is 11.0 Å². The number of hydrogen-bond donors (Lipinski definition) is 1. The van der Waals surface area contributed by atoms with Crippen LogP contribution in [0, 0.1) is 0 Å². The number of nitrogens with zero attached hydrogens (tertiary/aromatic N) is 1. The summed E-state index contributed by atoms with van der Waals surface area (Å²) >= 11 is 11.4. The Labute approximate surface area is 91.7 Å². The standard InChI is InChI=1S/C8H6Cl2N2.ClH/c9-4-8-11-6-2-1-5(10)3-7(6)12-8;/h1-3H,4H2,(H,11,12);1H. The van der Waals surface area contributed by atoms with Crippen LogP contribution < -0.4 is 0 Å². The van der Waals surface area contributed by atoms with Gasteiger partial charge in [0.15, 0.2) is 0 Å². The summed E-state index contributed by atoms with van der Waals surface area (Å²) in [5, 5.41) is 0.701. The van der Waals surface area contributed by atoms with E-state index in [0.717, 1.165) is 16.9 Å². The molecule has 5 heteroatoms. The molecule has 0 amide bonds. The number of alkyl halides is 1. The maximum absolute atomic E-state index is 5.79. The van der Waals surface area contributed by atoms with E-state index in [1.165, 1.54) is 0 Å². The molecule has 0 aliphatic rings. The van der Waals surface area contributed by atoms with Gasteiger partial charge >= 0.3 is 0 Å². The van der Waals surface area contributed by atoms with Gasteiger partial charge < -0.3 is 4.98 Å². The first kappa shape index (κ1) is 10.6. The fourth-order valence-electron chi connectivity index (χ4n) is 1.10. The lowest BCUT2D eigenvalue weighted by atomic mass is 10.3. The van der Waals surface area contributed by atoms with Gasteiger partial charge in [-0.05, 0) is 18.2 Å². The van der Waals surface area contributed by atoms with Gasteiger partial charge in [-0.3, -0.25) is 0 Å². The van der Waals surface area contributed by atoms with Gasteiger partial charge in [-0.15, -0.1) is 24.0 Å². The van der Waals surface area contributed by atoms with E-state index >= 15 is 0 Å². The van der Waals surface area contributed by atoms with E-state index in [1.54, 1.807) is 0 Å². The Morgan fingerprint density at radius 1 is 1.38 bits per heavy atom. The summed E-state index contributed by atoms with van der Waals surface area (Å²) in [7, 11) is 0. The minimum atomic E-state index is 0. The summed E-state index contributed by atoms with van der Waals surface area (Å²) in [6.07, 6.45) is 0. The zero-order valence-electron chi connectivity index (χ0n) is 6.55. The van der Waals surface area contributed by atoms with Crippen LogP contribution in [-0.4, -0.2) is 9.97 Å². The van der Waals surface area contributed by atoms with Crippen LogP contribution in [-0.2, 0) is 5.88 Å². The molecule has 13 heavy (non-hydrogen) atoms. The lowest BCUT2D eigenvalue weighted by Gasteiger charge is -1.87. The number of fused-ring (bicyclic) bond motifs is 1. The first-order valence-corrected chi connectivity index (χ1v) is 4.41. The molecule has 2 aromatic rings. The summed E-state index contributed by atoms with van der Waals surface area (Å²) < 4.78 is 0. The van der Waals surface area contributed by atoms with Crippen molar-refractivity contribution in [1.82, 2.24) is 9.97 Å². The number of aromatic nitrogens is 2. The van der Waals surface area contributed by atoms with Gasteiger partial charge in [-0.1, -0.05) is 11.6 Å². The first-order valence-electron chi connectivity index (χ1n) is 3.50. The van der Waals surface area contributed by atoms with Gasteiger partial charge in [0.2, 0.25) is 0 Å². The van der Waals surface area contributed by atoms with E-state index in [1.807, 2.05) is 18.2 Å². The minimum absolute atomic E-state index is 0. The Hall–Kier alpha value is -0.440. The van der Waals surface area contributed by atoms with Gasteiger partial charge in [0.1, 0.15) is 5.82 Å². The van der Waals surface area contributed by atoms with Crippen molar-refractivity contribution in [3.05, 3.63) is 29.0 Å². The Bertz CT molecular complexity index is 411. The van der Waals surface area contributed by atoms with Crippen molar-refractivity contribution in [1.29, 1.82) is 0 Å². The summed E-state index contributed by atoms with van der Waals surface area (Å²) in [6, 6.07) is 5.51. The van der Waals surface area contributed by atoms with Crippen molar-refractivity contribution < 1.29 is 0 Å². The maximum atomic E-state index is 5.79. The van der Waals surface area contributed by atoms with Crippen molar-refractivity contribution in [3.63, 3.8) is 0 Å². The van der Waals surface area contributed by atoms with Crippen LogP contribution >= 0.6 is 35.6 Å². The third-order valence-electron chi connectivity index (χ3n) is 1.62. The van der Waals surface area contributed by atoms with E-state index in [9.17, 15) is 0 Å².